The first-order valence-electron chi connectivity index (χ1n) is 8.50. The molecule has 2 aromatic rings. The third kappa shape index (κ3) is 6.80. The van der Waals surface area contributed by atoms with Crippen LogP contribution in [-0.2, 0) is 21.8 Å². The second-order valence-corrected chi connectivity index (χ2v) is 6.81. The summed E-state index contributed by atoms with van der Waals surface area (Å²) in [5.74, 6) is 1.06. The van der Waals surface area contributed by atoms with Crippen molar-refractivity contribution in [3.05, 3.63) is 65.2 Å². The molecule has 0 aliphatic rings. The van der Waals surface area contributed by atoms with Crippen LogP contribution >= 0.6 is 11.8 Å². The Bertz CT molecular complexity index is 732. The van der Waals surface area contributed by atoms with E-state index in [0.29, 0.717) is 5.75 Å². The number of hydrogen-bond acceptors (Lipinski definition) is 4. The molecular formula is C20H24N2O3S. The lowest BCUT2D eigenvalue weighted by Crippen LogP contribution is -2.44. The van der Waals surface area contributed by atoms with E-state index in [1.807, 2.05) is 62.4 Å². The Kier molecular flexibility index (Phi) is 8.02. The molecule has 26 heavy (non-hydrogen) atoms. The van der Waals surface area contributed by atoms with Gasteiger partial charge in [-0.2, -0.15) is 0 Å². The van der Waals surface area contributed by atoms with Gasteiger partial charge in [0.1, 0.15) is 5.75 Å². The molecule has 0 saturated heterocycles. The molecule has 6 heteroatoms. The molecule has 0 aromatic heterocycles. The standard InChI is InChI=1S/C20H24N2O3S/c1-3-17-6-4-5-7-18(17)25-12-19(23)21-22-20(24)14-26-13-16-10-8-15(2)9-11-16/h4-11H,3,12-14H2,1-2H3,(H,21,23)(H,22,24). The van der Waals surface area contributed by atoms with Crippen LogP contribution in [0.25, 0.3) is 0 Å². The molecule has 0 fully saturated rings. The minimum Gasteiger partial charge on any atom is -0.483 e. The van der Waals surface area contributed by atoms with Crippen molar-refractivity contribution in [2.45, 2.75) is 26.0 Å². The van der Waals surface area contributed by atoms with Crippen LogP contribution in [0.2, 0.25) is 0 Å². The largest absolute Gasteiger partial charge is 0.483 e. The first-order valence-corrected chi connectivity index (χ1v) is 9.65. The molecule has 0 radical (unpaired) electrons. The summed E-state index contributed by atoms with van der Waals surface area (Å²) in [6, 6.07) is 15.8. The Morgan fingerprint density at radius 3 is 2.42 bits per heavy atom. The first kappa shape index (κ1) is 19.8. The van der Waals surface area contributed by atoms with Crippen molar-refractivity contribution < 1.29 is 14.3 Å². The molecule has 138 valence electrons. The van der Waals surface area contributed by atoms with E-state index in [4.69, 9.17) is 4.74 Å². The van der Waals surface area contributed by atoms with Crippen molar-refractivity contribution in [2.75, 3.05) is 12.4 Å². The van der Waals surface area contributed by atoms with Gasteiger partial charge in [0.2, 0.25) is 5.91 Å². The molecular weight excluding hydrogens is 348 g/mol. The Morgan fingerprint density at radius 2 is 1.69 bits per heavy atom. The van der Waals surface area contributed by atoms with Gasteiger partial charge in [-0.25, -0.2) is 0 Å². The quantitative estimate of drug-likeness (QED) is 0.699. The number of hydrazine groups is 1. The van der Waals surface area contributed by atoms with E-state index in [1.54, 1.807) is 0 Å². The average Bonchev–Trinajstić information content (AvgIpc) is 2.66. The molecule has 2 N–H and O–H groups in total. The molecule has 0 spiro atoms. The van der Waals surface area contributed by atoms with Crippen molar-refractivity contribution in [1.29, 1.82) is 0 Å². The number of hydrogen-bond donors (Lipinski definition) is 2. The van der Waals surface area contributed by atoms with Crippen LogP contribution in [0.3, 0.4) is 0 Å². The zero-order valence-corrected chi connectivity index (χ0v) is 15.9. The maximum absolute atomic E-state index is 11.8. The van der Waals surface area contributed by atoms with Crippen LogP contribution in [0, 0.1) is 6.92 Å². The summed E-state index contributed by atoms with van der Waals surface area (Å²) in [6.07, 6.45) is 0.826. The van der Waals surface area contributed by atoms with E-state index in [-0.39, 0.29) is 18.3 Å². The number of ether oxygens (including phenoxy) is 1. The minimum atomic E-state index is -0.396. The van der Waals surface area contributed by atoms with Gasteiger partial charge in [-0.15, -0.1) is 11.8 Å². The molecule has 5 nitrogen and oxygen atoms in total. The Balaban J connectivity index is 1.63. The van der Waals surface area contributed by atoms with Gasteiger partial charge < -0.3 is 4.74 Å². The molecule has 0 bridgehead atoms. The highest BCUT2D eigenvalue weighted by atomic mass is 32.2. The third-order valence-electron chi connectivity index (χ3n) is 3.68. The van der Waals surface area contributed by atoms with E-state index in [1.165, 1.54) is 22.9 Å². The summed E-state index contributed by atoms with van der Waals surface area (Å²) in [5, 5.41) is 0. The highest BCUT2D eigenvalue weighted by Crippen LogP contribution is 2.17. The molecule has 0 aliphatic carbocycles. The SMILES string of the molecule is CCc1ccccc1OCC(=O)NNC(=O)CSCc1ccc(C)cc1. The highest BCUT2D eigenvalue weighted by Gasteiger charge is 2.07. The molecule has 0 aliphatic heterocycles. The van der Waals surface area contributed by atoms with E-state index in [9.17, 15) is 9.59 Å². The molecule has 2 amide bonds. The molecule has 0 saturated carbocycles. The zero-order valence-electron chi connectivity index (χ0n) is 15.1. The molecule has 2 rings (SSSR count). The monoisotopic (exact) mass is 372 g/mol. The lowest BCUT2D eigenvalue weighted by Gasteiger charge is -2.11. The summed E-state index contributed by atoms with van der Waals surface area (Å²) in [6.45, 7) is 3.92. The lowest BCUT2D eigenvalue weighted by atomic mass is 10.1. The molecule has 2 aromatic carbocycles. The van der Waals surface area contributed by atoms with E-state index >= 15 is 0 Å². The number of para-hydroxylation sites is 1. The van der Waals surface area contributed by atoms with Gasteiger partial charge >= 0.3 is 0 Å². The van der Waals surface area contributed by atoms with Crippen LogP contribution < -0.4 is 15.6 Å². The number of amides is 2. The van der Waals surface area contributed by atoms with E-state index < -0.39 is 5.91 Å². The summed E-state index contributed by atoms with van der Waals surface area (Å²) in [4.78, 5) is 23.6. The predicted octanol–water partition coefficient (Wildman–Crippen LogP) is 3.02. The maximum Gasteiger partial charge on any atom is 0.276 e. The number of benzene rings is 2. The number of aryl methyl sites for hydroxylation is 2. The summed E-state index contributed by atoms with van der Waals surface area (Å²) in [7, 11) is 0. The fourth-order valence-electron chi connectivity index (χ4n) is 2.24. The van der Waals surface area contributed by atoms with Gasteiger partial charge in [-0.05, 0) is 30.5 Å². The summed E-state index contributed by atoms with van der Waals surface area (Å²) < 4.78 is 5.50. The number of nitrogens with one attached hydrogen (secondary N) is 2. The van der Waals surface area contributed by atoms with Crippen molar-refractivity contribution in [3.8, 4) is 5.75 Å². The Labute approximate surface area is 158 Å². The van der Waals surface area contributed by atoms with Gasteiger partial charge in [0, 0.05) is 5.75 Å². The number of thioether (sulfide) groups is 1. The van der Waals surface area contributed by atoms with Crippen LogP contribution in [0.4, 0.5) is 0 Å². The smallest absolute Gasteiger partial charge is 0.276 e. The van der Waals surface area contributed by atoms with E-state index in [0.717, 1.165) is 17.7 Å². The average molecular weight is 372 g/mol. The second-order valence-electron chi connectivity index (χ2n) is 5.82. The predicted molar refractivity (Wildman–Crippen MR) is 105 cm³/mol. The zero-order chi connectivity index (χ0) is 18.8. The van der Waals surface area contributed by atoms with E-state index in [2.05, 4.69) is 10.9 Å². The fraction of sp³-hybridized carbons (Fsp3) is 0.300. The van der Waals surface area contributed by atoms with Crippen molar-refractivity contribution in [2.24, 2.45) is 0 Å². The fourth-order valence-corrected chi connectivity index (χ4v) is 3.03. The molecule has 0 atom stereocenters. The first-order chi connectivity index (χ1) is 12.6. The number of carbonyl (C=O) groups excluding carboxylic acids is 2. The number of rotatable bonds is 8. The summed E-state index contributed by atoms with van der Waals surface area (Å²) >= 11 is 1.49. The minimum absolute atomic E-state index is 0.145. The normalized spacial score (nSPS) is 10.2. The van der Waals surface area contributed by atoms with Crippen molar-refractivity contribution >= 4 is 23.6 Å². The Morgan fingerprint density at radius 1 is 1.00 bits per heavy atom. The highest BCUT2D eigenvalue weighted by molar-refractivity contribution is 7.99. The molecule has 0 unspecified atom stereocenters. The van der Waals surface area contributed by atoms with Crippen LogP contribution in [0.1, 0.15) is 23.6 Å². The van der Waals surface area contributed by atoms with Crippen LogP contribution in [0.15, 0.2) is 48.5 Å². The van der Waals surface area contributed by atoms with Gasteiger partial charge in [-0.3, -0.25) is 20.4 Å². The maximum atomic E-state index is 11.8. The Hall–Kier alpha value is -2.47. The third-order valence-corrected chi connectivity index (χ3v) is 4.68. The van der Waals surface area contributed by atoms with Gasteiger partial charge in [0.15, 0.2) is 6.61 Å². The molecule has 0 heterocycles. The lowest BCUT2D eigenvalue weighted by molar-refractivity contribution is -0.128. The summed E-state index contributed by atoms with van der Waals surface area (Å²) in [5.41, 5.74) is 8.19. The van der Waals surface area contributed by atoms with Crippen molar-refractivity contribution in [1.82, 2.24) is 10.9 Å². The topological polar surface area (TPSA) is 67.4 Å². The van der Waals surface area contributed by atoms with Gasteiger partial charge in [0.25, 0.3) is 5.91 Å². The second kappa shape index (κ2) is 10.5. The number of carbonyl (C=O) groups is 2. The van der Waals surface area contributed by atoms with Crippen molar-refractivity contribution in [3.63, 3.8) is 0 Å². The van der Waals surface area contributed by atoms with Gasteiger partial charge in [0.05, 0.1) is 5.75 Å². The van der Waals surface area contributed by atoms with Gasteiger partial charge in [-0.1, -0.05) is 55.0 Å². The van der Waals surface area contributed by atoms with Crippen LogP contribution in [-0.4, -0.2) is 24.2 Å². The van der Waals surface area contributed by atoms with Crippen LogP contribution in [0.5, 0.6) is 5.75 Å².